The molecule has 0 radical (unpaired) electrons. The van der Waals surface area contributed by atoms with Crippen LogP contribution in [0.3, 0.4) is 0 Å². The highest BCUT2D eigenvalue weighted by molar-refractivity contribution is 5.87. The second-order valence-corrected chi connectivity index (χ2v) is 7.25. The highest BCUT2D eigenvalue weighted by atomic mass is 15.3. The van der Waals surface area contributed by atoms with Crippen molar-refractivity contribution in [3.63, 3.8) is 0 Å². The van der Waals surface area contributed by atoms with Gasteiger partial charge in [-0.25, -0.2) is 15.0 Å². The Balaban J connectivity index is 1.59. The molecule has 1 aromatic carbocycles. The number of hydrogen-bond acceptors (Lipinski definition) is 6. The van der Waals surface area contributed by atoms with Crippen LogP contribution in [-0.4, -0.2) is 30.5 Å². The van der Waals surface area contributed by atoms with E-state index in [2.05, 4.69) is 56.1 Å². The topological polar surface area (TPSA) is 80.5 Å². The Kier molecular flexibility index (Phi) is 3.67. The molecule has 27 heavy (non-hydrogen) atoms. The summed E-state index contributed by atoms with van der Waals surface area (Å²) in [6.45, 7) is 4.26. The monoisotopic (exact) mass is 359 g/mol. The van der Waals surface area contributed by atoms with E-state index in [9.17, 15) is 0 Å². The van der Waals surface area contributed by atoms with Crippen molar-refractivity contribution >= 4 is 39.5 Å². The van der Waals surface area contributed by atoms with Crippen molar-refractivity contribution in [3.05, 3.63) is 42.9 Å². The molecule has 0 aliphatic heterocycles. The van der Waals surface area contributed by atoms with Crippen LogP contribution in [0, 0.1) is 0 Å². The lowest BCUT2D eigenvalue weighted by Crippen LogP contribution is -2.07. The molecule has 0 bridgehead atoms. The third-order valence-corrected chi connectivity index (χ3v) is 4.77. The molecule has 1 aliphatic rings. The van der Waals surface area contributed by atoms with Gasteiger partial charge in [0.2, 0.25) is 5.95 Å². The molecule has 5 rings (SSSR count). The summed E-state index contributed by atoms with van der Waals surface area (Å²) < 4.78 is 2.11. The first-order valence-electron chi connectivity index (χ1n) is 9.30. The largest absolute Gasteiger partial charge is 0.365 e. The Morgan fingerprint density at radius 2 is 2.00 bits per heavy atom. The average Bonchev–Trinajstić information content (AvgIpc) is 3.40. The van der Waals surface area contributed by atoms with Crippen LogP contribution in [0.1, 0.15) is 32.7 Å². The van der Waals surface area contributed by atoms with Crippen LogP contribution in [0.2, 0.25) is 0 Å². The summed E-state index contributed by atoms with van der Waals surface area (Å²) in [5.41, 5.74) is 3.59. The van der Waals surface area contributed by atoms with Gasteiger partial charge in [-0.2, -0.15) is 0 Å². The van der Waals surface area contributed by atoms with Gasteiger partial charge in [-0.05, 0) is 51.0 Å². The molecular formula is C20H21N7. The number of aromatic nitrogens is 5. The number of nitrogens with zero attached hydrogens (tertiary/aromatic N) is 5. The summed E-state index contributed by atoms with van der Waals surface area (Å²) in [5.74, 6) is 1.58. The van der Waals surface area contributed by atoms with Crippen molar-refractivity contribution in [1.29, 1.82) is 0 Å². The predicted molar refractivity (Wildman–Crippen MR) is 107 cm³/mol. The molecule has 3 aromatic heterocycles. The summed E-state index contributed by atoms with van der Waals surface area (Å²) >= 11 is 0. The average molecular weight is 359 g/mol. The first-order valence-corrected chi connectivity index (χ1v) is 9.30. The first kappa shape index (κ1) is 16.0. The van der Waals surface area contributed by atoms with Gasteiger partial charge in [0, 0.05) is 29.4 Å². The highest BCUT2D eigenvalue weighted by Gasteiger charge is 2.24. The van der Waals surface area contributed by atoms with E-state index in [4.69, 9.17) is 4.98 Å². The van der Waals surface area contributed by atoms with Crippen LogP contribution < -0.4 is 10.6 Å². The van der Waals surface area contributed by atoms with E-state index < -0.39 is 0 Å². The van der Waals surface area contributed by atoms with E-state index in [0.29, 0.717) is 6.04 Å². The number of rotatable bonds is 5. The van der Waals surface area contributed by atoms with E-state index in [1.807, 2.05) is 18.2 Å². The minimum absolute atomic E-state index is 0.211. The third-order valence-electron chi connectivity index (χ3n) is 4.77. The van der Waals surface area contributed by atoms with E-state index >= 15 is 0 Å². The van der Waals surface area contributed by atoms with Crippen LogP contribution in [0.15, 0.2) is 42.9 Å². The molecule has 0 unspecified atom stereocenters. The molecule has 0 amide bonds. The Bertz CT molecular complexity index is 1130. The number of pyridine rings is 1. The summed E-state index contributed by atoms with van der Waals surface area (Å²) in [6, 6.07) is 10.8. The van der Waals surface area contributed by atoms with E-state index in [-0.39, 0.29) is 6.04 Å². The normalized spacial score (nSPS) is 14.2. The van der Waals surface area contributed by atoms with E-state index in [0.717, 1.165) is 39.5 Å². The van der Waals surface area contributed by atoms with E-state index in [1.54, 1.807) is 12.5 Å². The number of fused-ring (bicyclic) bond motifs is 2. The zero-order valence-corrected chi connectivity index (χ0v) is 15.3. The van der Waals surface area contributed by atoms with Gasteiger partial charge in [0.1, 0.15) is 6.33 Å². The van der Waals surface area contributed by atoms with Gasteiger partial charge in [0.25, 0.3) is 0 Å². The second kappa shape index (κ2) is 6.19. The number of nitrogens with one attached hydrogen (secondary N) is 2. The Morgan fingerprint density at radius 3 is 2.81 bits per heavy atom. The Labute approximate surface area is 156 Å². The van der Waals surface area contributed by atoms with Crippen molar-refractivity contribution < 1.29 is 0 Å². The molecule has 4 aromatic rings. The van der Waals surface area contributed by atoms with Gasteiger partial charge in [-0.3, -0.25) is 9.55 Å². The lowest BCUT2D eigenvalue weighted by Gasteiger charge is -2.13. The summed E-state index contributed by atoms with van der Waals surface area (Å²) in [4.78, 5) is 18.1. The molecule has 2 N–H and O–H groups in total. The van der Waals surface area contributed by atoms with Gasteiger partial charge in [-0.15, -0.1) is 0 Å². The molecule has 1 aliphatic carbocycles. The maximum Gasteiger partial charge on any atom is 0.210 e. The van der Waals surface area contributed by atoms with Crippen LogP contribution in [0.5, 0.6) is 0 Å². The quantitative estimate of drug-likeness (QED) is 0.554. The van der Waals surface area contributed by atoms with Crippen molar-refractivity contribution in [1.82, 2.24) is 24.5 Å². The molecule has 136 valence electrons. The Morgan fingerprint density at radius 1 is 1.11 bits per heavy atom. The third kappa shape index (κ3) is 2.95. The number of anilines is 3. The molecule has 3 heterocycles. The smallest absolute Gasteiger partial charge is 0.210 e. The van der Waals surface area contributed by atoms with Crippen molar-refractivity contribution in [2.75, 3.05) is 10.6 Å². The summed E-state index contributed by atoms with van der Waals surface area (Å²) in [6.07, 6.45) is 5.79. The van der Waals surface area contributed by atoms with Gasteiger partial charge in [0.15, 0.2) is 17.0 Å². The summed E-state index contributed by atoms with van der Waals surface area (Å²) in [7, 11) is 0. The maximum atomic E-state index is 4.84. The number of benzene rings is 1. The Hall–Kier alpha value is -3.22. The van der Waals surface area contributed by atoms with Gasteiger partial charge < -0.3 is 10.6 Å². The first-order chi connectivity index (χ1) is 13.2. The van der Waals surface area contributed by atoms with Crippen LogP contribution >= 0.6 is 0 Å². The highest BCUT2D eigenvalue weighted by Crippen LogP contribution is 2.31. The predicted octanol–water partition coefficient (Wildman–Crippen LogP) is 4.27. The van der Waals surface area contributed by atoms with Crippen molar-refractivity contribution in [2.45, 2.75) is 38.8 Å². The minimum atomic E-state index is 0.211. The maximum absolute atomic E-state index is 4.84. The standard InChI is InChI=1S/C20H21N7/c1-12(2)27-19-17(18(22-11-23-19)24-14-5-6-14)26-20(27)25-15-7-8-16-13(10-15)4-3-9-21-16/h3-4,7-12,14H,5-6H2,1-2H3,(H,25,26)(H,22,23,24). The number of hydrogen-bond donors (Lipinski definition) is 2. The van der Waals surface area contributed by atoms with Crippen LogP contribution in [0.4, 0.5) is 17.5 Å². The molecule has 1 fully saturated rings. The van der Waals surface area contributed by atoms with Crippen molar-refractivity contribution in [2.24, 2.45) is 0 Å². The molecule has 7 nitrogen and oxygen atoms in total. The lowest BCUT2D eigenvalue weighted by atomic mass is 10.2. The molecular weight excluding hydrogens is 338 g/mol. The SMILES string of the molecule is CC(C)n1c(Nc2ccc3ncccc3c2)nc2c(NC3CC3)ncnc21. The van der Waals surface area contributed by atoms with Gasteiger partial charge >= 0.3 is 0 Å². The minimum Gasteiger partial charge on any atom is -0.365 e. The molecule has 0 atom stereocenters. The second-order valence-electron chi connectivity index (χ2n) is 7.25. The fraction of sp³-hybridized carbons (Fsp3) is 0.300. The van der Waals surface area contributed by atoms with Crippen molar-refractivity contribution in [3.8, 4) is 0 Å². The van der Waals surface area contributed by atoms with Crippen LogP contribution in [0.25, 0.3) is 22.1 Å². The zero-order valence-electron chi connectivity index (χ0n) is 15.3. The molecule has 1 saturated carbocycles. The van der Waals surface area contributed by atoms with E-state index in [1.165, 1.54) is 12.8 Å². The van der Waals surface area contributed by atoms with Gasteiger partial charge in [-0.1, -0.05) is 6.07 Å². The fourth-order valence-corrected chi connectivity index (χ4v) is 3.30. The molecule has 0 saturated heterocycles. The fourth-order valence-electron chi connectivity index (χ4n) is 3.30. The lowest BCUT2D eigenvalue weighted by molar-refractivity contribution is 0.620. The van der Waals surface area contributed by atoms with Gasteiger partial charge in [0.05, 0.1) is 5.52 Å². The number of imidazole rings is 1. The zero-order chi connectivity index (χ0) is 18.4. The van der Waals surface area contributed by atoms with Crippen LogP contribution in [-0.2, 0) is 0 Å². The summed E-state index contributed by atoms with van der Waals surface area (Å²) in [5, 5.41) is 8.01. The molecule has 7 heteroatoms. The molecule has 0 spiro atoms.